The SMILES string of the molecule is O=S1(=O)N=C[C@@H]2CCCN2c2ncccc21. The number of fused-ring (bicyclic) bond motifs is 3. The van der Waals surface area contributed by atoms with E-state index in [9.17, 15) is 8.42 Å². The van der Waals surface area contributed by atoms with E-state index in [2.05, 4.69) is 9.38 Å². The Morgan fingerprint density at radius 1 is 1.44 bits per heavy atom. The molecule has 6 heteroatoms. The first kappa shape index (κ1) is 9.77. The van der Waals surface area contributed by atoms with Gasteiger partial charge < -0.3 is 4.90 Å². The van der Waals surface area contributed by atoms with Crippen LogP contribution in [0.15, 0.2) is 27.6 Å². The molecule has 3 rings (SSSR count). The maximum atomic E-state index is 11.9. The summed E-state index contributed by atoms with van der Waals surface area (Å²) in [6, 6.07) is 3.27. The molecule has 0 aromatic carbocycles. The van der Waals surface area contributed by atoms with Crippen LogP contribution in [0.3, 0.4) is 0 Å². The molecule has 0 aliphatic carbocycles. The molecular weight excluding hydrogens is 226 g/mol. The summed E-state index contributed by atoms with van der Waals surface area (Å²) >= 11 is 0. The van der Waals surface area contributed by atoms with Crippen molar-refractivity contribution in [2.45, 2.75) is 23.8 Å². The van der Waals surface area contributed by atoms with E-state index in [0.29, 0.717) is 5.82 Å². The second-order valence-corrected chi connectivity index (χ2v) is 5.56. The third-order valence-corrected chi connectivity index (χ3v) is 4.25. The van der Waals surface area contributed by atoms with Crippen LogP contribution in [0.5, 0.6) is 0 Å². The summed E-state index contributed by atoms with van der Waals surface area (Å²) < 4.78 is 27.4. The van der Waals surface area contributed by atoms with Crippen molar-refractivity contribution in [3.05, 3.63) is 18.3 Å². The van der Waals surface area contributed by atoms with Gasteiger partial charge in [-0.1, -0.05) is 0 Å². The van der Waals surface area contributed by atoms with E-state index in [0.717, 1.165) is 19.4 Å². The molecule has 0 spiro atoms. The Hall–Kier alpha value is -1.43. The molecule has 16 heavy (non-hydrogen) atoms. The van der Waals surface area contributed by atoms with Crippen LogP contribution in [0.4, 0.5) is 5.82 Å². The molecule has 1 aromatic heterocycles. The topological polar surface area (TPSA) is 62.6 Å². The van der Waals surface area contributed by atoms with Crippen LogP contribution in [0, 0.1) is 0 Å². The molecule has 0 amide bonds. The maximum Gasteiger partial charge on any atom is 0.285 e. The molecule has 1 fully saturated rings. The Morgan fingerprint density at radius 3 is 3.19 bits per heavy atom. The zero-order valence-electron chi connectivity index (χ0n) is 8.57. The molecule has 0 N–H and O–H groups in total. The maximum absolute atomic E-state index is 11.9. The number of anilines is 1. The van der Waals surface area contributed by atoms with Crippen molar-refractivity contribution in [1.29, 1.82) is 0 Å². The quantitative estimate of drug-likeness (QED) is 0.670. The molecule has 2 aliphatic heterocycles. The highest BCUT2D eigenvalue weighted by Gasteiger charge is 2.32. The van der Waals surface area contributed by atoms with Crippen molar-refractivity contribution >= 4 is 22.1 Å². The first-order valence-electron chi connectivity index (χ1n) is 5.20. The summed E-state index contributed by atoms with van der Waals surface area (Å²) in [5.41, 5.74) is 0. The highest BCUT2D eigenvalue weighted by Crippen LogP contribution is 2.31. The van der Waals surface area contributed by atoms with Gasteiger partial charge in [-0.2, -0.15) is 12.8 Å². The molecule has 0 bridgehead atoms. The molecule has 84 valence electrons. The Morgan fingerprint density at radius 2 is 2.31 bits per heavy atom. The molecule has 2 aliphatic rings. The third kappa shape index (κ3) is 1.33. The second kappa shape index (κ2) is 3.28. The number of hydrogen-bond donors (Lipinski definition) is 0. The monoisotopic (exact) mass is 237 g/mol. The highest BCUT2D eigenvalue weighted by atomic mass is 32.2. The van der Waals surface area contributed by atoms with Crippen molar-refractivity contribution in [3.8, 4) is 0 Å². The van der Waals surface area contributed by atoms with Crippen LogP contribution in [-0.2, 0) is 10.0 Å². The largest absolute Gasteiger partial charge is 0.347 e. The first-order chi connectivity index (χ1) is 7.68. The number of hydrogen-bond acceptors (Lipinski definition) is 4. The van der Waals surface area contributed by atoms with Gasteiger partial charge in [0.1, 0.15) is 10.7 Å². The smallest absolute Gasteiger partial charge is 0.285 e. The fraction of sp³-hybridized carbons (Fsp3) is 0.400. The molecular formula is C10H11N3O2S. The average Bonchev–Trinajstić information content (AvgIpc) is 2.71. The Balaban J connectivity index is 2.27. The molecule has 1 saturated heterocycles. The third-order valence-electron chi connectivity index (χ3n) is 2.97. The van der Waals surface area contributed by atoms with Gasteiger partial charge in [-0.3, -0.25) is 0 Å². The molecule has 1 aromatic rings. The molecule has 3 heterocycles. The summed E-state index contributed by atoms with van der Waals surface area (Å²) in [6.07, 6.45) is 5.14. The fourth-order valence-corrected chi connectivity index (χ4v) is 3.28. The zero-order valence-corrected chi connectivity index (χ0v) is 9.39. The number of aromatic nitrogens is 1. The first-order valence-corrected chi connectivity index (χ1v) is 6.65. The van der Waals surface area contributed by atoms with E-state index in [-0.39, 0.29) is 10.9 Å². The van der Waals surface area contributed by atoms with Crippen LogP contribution in [0.2, 0.25) is 0 Å². The van der Waals surface area contributed by atoms with E-state index >= 15 is 0 Å². The average molecular weight is 237 g/mol. The van der Waals surface area contributed by atoms with Crippen LogP contribution in [-0.4, -0.2) is 32.2 Å². The summed E-state index contributed by atoms with van der Waals surface area (Å²) in [4.78, 5) is 6.42. The minimum absolute atomic E-state index is 0.0749. The van der Waals surface area contributed by atoms with E-state index in [4.69, 9.17) is 0 Å². The van der Waals surface area contributed by atoms with Gasteiger partial charge in [-0.25, -0.2) is 4.98 Å². The highest BCUT2D eigenvalue weighted by molar-refractivity contribution is 7.90. The minimum Gasteiger partial charge on any atom is -0.347 e. The Labute approximate surface area is 93.9 Å². The van der Waals surface area contributed by atoms with Gasteiger partial charge in [-0.15, -0.1) is 0 Å². The second-order valence-electron chi connectivity index (χ2n) is 3.96. The van der Waals surface area contributed by atoms with Gasteiger partial charge in [0.05, 0.1) is 6.04 Å². The summed E-state index contributed by atoms with van der Waals surface area (Å²) in [5, 5.41) is 0. The molecule has 1 atom stereocenters. The van der Waals surface area contributed by atoms with Crippen LogP contribution >= 0.6 is 0 Å². The molecule has 0 saturated carbocycles. The van der Waals surface area contributed by atoms with Gasteiger partial charge in [0.15, 0.2) is 0 Å². The summed E-state index contributed by atoms with van der Waals surface area (Å²) in [5.74, 6) is 0.544. The Kier molecular flexibility index (Phi) is 2.00. The number of sulfonamides is 1. The lowest BCUT2D eigenvalue weighted by Crippen LogP contribution is -2.30. The van der Waals surface area contributed by atoms with E-state index in [1.807, 2.05) is 4.90 Å². The predicted molar refractivity (Wildman–Crippen MR) is 60.3 cm³/mol. The normalized spacial score (nSPS) is 26.0. The van der Waals surface area contributed by atoms with Crippen LogP contribution in [0.1, 0.15) is 12.8 Å². The van der Waals surface area contributed by atoms with Gasteiger partial charge >= 0.3 is 0 Å². The summed E-state index contributed by atoms with van der Waals surface area (Å²) in [6.45, 7) is 0.843. The van der Waals surface area contributed by atoms with Gasteiger partial charge in [0.25, 0.3) is 10.0 Å². The van der Waals surface area contributed by atoms with Gasteiger partial charge in [0, 0.05) is 19.0 Å². The van der Waals surface area contributed by atoms with E-state index in [1.54, 1.807) is 18.3 Å². The van der Waals surface area contributed by atoms with Crippen molar-refractivity contribution in [3.63, 3.8) is 0 Å². The van der Waals surface area contributed by atoms with Crippen LogP contribution < -0.4 is 4.90 Å². The van der Waals surface area contributed by atoms with Crippen molar-refractivity contribution in [2.75, 3.05) is 11.4 Å². The van der Waals surface area contributed by atoms with Gasteiger partial charge in [0.2, 0.25) is 0 Å². The van der Waals surface area contributed by atoms with E-state index < -0.39 is 10.0 Å². The molecule has 0 radical (unpaired) electrons. The lowest BCUT2D eigenvalue weighted by Gasteiger charge is -2.21. The number of nitrogens with zero attached hydrogens (tertiary/aromatic N) is 3. The fourth-order valence-electron chi connectivity index (χ4n) is 2.22. The lowest BCUT2D eigenvalue weighted by atomic mass is 10.2. The van der Waals surface area contributed by atoms with Gasteiger partial charge in [-0.05, 0) is 25.0 Å². The van der Waals surface area contributed by atoms with Crippen molar-refractivity contribution in [2.24, 2.45) is 4.40 Å². The zero-order chi connectivity index (χ0) is 11.2. The predicted octanol–water partition coefficient (Wildman–Crippen LogP) is 0.823. The molecule has 0 unspecified atom stereocenters. The van der Waals surface area contributed by atoms with Crippen molar-refractivity contribution in [1.82, 2.24) is 4.98 Å². The lowest BCUT2D eigenvalue weighted by molar-refractivity contribution is 0.598. The standard InChI is InChI=1S/C10H11N3O2S/c14-16(15)9-4-1-5-11-10(9)13-6-2-3-8(13)7-12-16/h1,4-5,7-8H,2-3,6H2/t8-/m0/s1. The minimum atomic E-state index is -3.56. The van der Waals surface area contributed by atoms with Crippen molar-refractivity contribution < 1.29 is 8.42 Å². The van der Waals surface area contributed by atoms with E-state index in [1.165, 1.54) is 6.21 Å². The number of rotatable bonds is 0. The Bertz CT molecular complexity index is 553. The molecule has 5 nitrogen and oxygen atoms in total. The van der Waals surface area contributed by atoms with Crippen LogP contribution in [0.25, 0.3) is 0 Å². The summed E-state index contributed by atoms with van der Waals surface area (Å²) in [7, 11) is -3.56. The number of pyridine rings is 1.